The summed E-state index contributed by atoms with van der Waals surface area (Å²) >= 11 is 0. The molecule has 0 aliphatic carbocycles. The standard InChI is InChI=1S/C11H15N5O/c1-8(2)16-7-10(5-15-16)17-11-6-13-9(3-12)4-14-11/h4-8H,3,12H2,1-2H3. The first-order valence-electron chi connectivity index (χ1n) is 5.42. The van der Waals surface area contributed by atoms with E-state index in [-0.39, 0.29) is 0 Å². The van der Waals surface area contributed by atoms with Crippen LogP contribution >= 0.6 is 0 Å². The molecule has 17 heavy (non-hydrogen) atoms. The van der Waals surface area contributed by atoms with Crippen molar-refractivity contribution in [2.75, 3.05) is 0 Å². The number of hydrogen-bond donors (Lipinski definition) is 1. The molecular weight excluding hydrogens is 218 g/mol. The molecule has 2 heterocycles. The predicted octanol–water partition coefficient (Wildman–Crippen LogP) is 1.50. The Morgan fingerprint density at radius 2 is 2.12 bits per heavy atom. The van der Waals surface area contributed by atoms with Gasteiger partial charge in [-0.3, -0.25) is 9.67 Å². The quantitative estimate of drug-likeness (QED) is 0.865. The van der Waals surface area contributed by atoms with Crippen molar-refractivity contribution in [1.82, 2.24) is 19.7 Å². The number of rotatable bonds is 4. The van der Waals surface area contributed by atoms with Crippen LogP contribution in [0.3, 0.4) is 0 Å². The normalized spacial score (nSPS) is 10.8. The summed E-state index contributed by atoms with van der Waals surface area (Å²) in [5.74, 6) is 1.08. The van der Waals surface area contributed by atoms with Gasteiger partial charge in [-0.25, -0.2) is 4.98 Å². The predicted molar refractivity (Wildman–Crippen MR) is 62.6 cm³/mol. The summed E-state index contributed by atoms with van der Waals surface area (Å²) in [6.07, 6.45) is 6.62. The molecule has 2 aromatic heterocycles. The van der Waals surface area contributed by atoms with Crippen molar-refractivity contribution >= 4 is 0 Å². The van der Waals surface area contributed by atoms with Gasteiger partial charge >= 0.3 is 0 Å². The van der Waals surface area contributed by atoms with Crippen molar-refractivity contribution in [1.29, 1.82) is 0 Å². The first-order valence-corrected chi connectivity index (χ1v) is 5.42. The first kappa shape index (κ1) is 11.5. The van der Waals surface area contributed by atoms with Crippen molar-refractivity contribution in [2.24, 2.45) is 5.73 Å². The van der Waals surface area contributed by atoms with Crippen LogP contribution < -0.4 is 10.5 Å². The molecule has 0 bridgehead atoms. The Morgan fingerprint density at radius 1 is 1.29 bits per heavy atom. The van der Waals surface area contributed by atoms with Gasteiger partial charge in [0.25, 0.3) is 0 Å². The van der Waals surface area contributed by atoms with E-state index in [1.165, 1.54) is 0 Å². The minimum atomic E-state index is 0.304. The van der Waals surface area contributed by atoms with Crippen molar-refractivity contribution in [2.45, 2.75) is 26.4 Å². The monoisotopic (exact) mass is 233 g/mol. The van der Waals surface area contributed by atoms with Gasteiger partial charge in [-0.15, -0.1) is 0 Å². The van der Waals surface area contributed by atoms with E-state index >= 15 is 0 Å². The van der Waals surface area contributed by atoms with Crippen LogP contribution in [0.5, 0.6) is 11.6 Å². The molecule has 0 atom stereocenters. The zero-order valence-corrected chi connectivity index (χ0v) is 9.87. The molecule has 2 aromatic rings. The third-order valence-electron chi connectivity index (χ3n) is 2.22. The van der Waals surface area contributed by atoms with Crippen LogP contribution in [0, 0.1) is 0 Å². The largest absolute Gasteiger partial charge is 0.434 e. The Balaban J connectivity index is 2.08. The molecule has 0 aromatic carbocycles. The lowest BCUT2D eigenvalue weighted by atomic mass is 10.4. The van der Waals surface area contributed by atoms with E-state index in [1.54, 1.807) is 18.6 Å². The zero-order valence-electron chi connectivity index (χ0n) is 9.87. The summed E-state index contributed by atoms with van der Waals surface area (Å²) < 4.78 is 7.33. The van der Waals surface area contributed by atoms with E-state index in [0.717, 1.165) is 5.69 Å². The average Bonchev–Trinajstić information content (AvgIpc) is 2.79. The Labute approximate surface area is 99.4 Å². The van der Waals surface area contributed by atoms with Crippen LogP contribution in [0.25, 0.3) is 0 Å². The highest BCUT2D eigenvalue weighted by Crippen LogP contribution is 2.18. The van der Waals surface area contributed by atoms with E-state index in [2.05, 4.69) is 15.1 Å². The van der Waals surface area contributed by atoms with Crippen LogP contribution in [0.2, 0.25) is 0 Å². The maximum Gasteiger partial charge on any atom is 0.238 e. The third-order valence-corrected chi connectivity index (χ3v) is 2.22. The highest BCUT2D eigenvalue weighted by Gasteiger charge is 2.04. The molecule has 2 N–H and O–H groups in total. The van der Waals surface area contributed by atoms with E-state index in [4.69, 9.17) is 10.5 Å². The molecule has 0 unspecified atom stereocenters. The number of hydrogen-bond acceptors (Lipinski definition) is 5. The highest BCUT2D eigenvalue weighted by atomic mass is 16.5. The van der Waals surface area contributed by atoms with Gasteiger partial charge < -0.3 is 10.5 Å². The summed E-state index contributed by atoms with van der Waals surface area (Å²) in [6.45, 7) is 4.47. The second-order valence-electron chi connectivity index (χ2n) is 3.90. The molecule has 0 radical (unpaired) electrons. The van der Waals surface area contributed by atoms with Crippen LogP contribution in [0.4, 0.5) is 0 Å². The Morgan fingerprint density at radius 3 is 2.65 bits per heavy atom. The Bertz CT molecular complexity index is 477. The molecule has 0 fully saturated rings. The smallest absolute Gasteiger partial charge is 0.238 e. The minimum Gasteiger partial charge on any atom is -0.434 e. The minimum absolute atomic E-state index is 0.304. The van der Waals surface area contributed by atoms with Gasteiger partial charge in [0.2, 0.25) is 5.88 Å². The van der Waals surface area contributed by atoms with Crippen molar-refractivity contribution in [3.63, 3.8) is 0 Å². The van der Waals surface area contributed by atoms with Gasteiger partial charge in [-0.1, -0.05) is 0 Å². The molecule has 0 aliphatic heterocycles. The van der Waals surface area contributed by atoms with Crippen LogP contribution in [-0.2, 0) is 6.54 Å². The molecule has 0 aliphatic rings. The fraction of sp³-hybridized carbons (Fsp3) is 0.364. The summed E-state index contributed by atoms with van der Waals surface area (Å²) in [6, 6.07) is 0.304. The molecule has 6 heteroatoms. The maximum atomic E-state index is 5.51. The molecule has 0 amide bonds. The lowest BCUT2D eigenvalue weighted by molar-refractivity contribution is 0.455. The Kier molecular flexibility index (Phi) is 3.34. The lowest BCUT2D eigenvalue weighted by Crippen LogP contribution is -2.00. The fourth-order valence-electron chi connectivity index (χ4n) is 1.28. The molecule has 0 spiro atoms. The van der Waals surface area contributed by atoms with E-state index in [9.17, 15) is 0 Å². The molecule has 0 saturated carbocycles. The van der Waals surface area contributed by atoms with Gasteiger partial charge in [-0.2, -0.15) is 5.10 Å². The summed E-state index contributed by atoms with van der Waals surface area (Å²) in [5, 5.41) is 4.17. The second kappa shape index (κ2) is 4.92. The third kappa shape index (κ3) is 2.79. The van der Waals surface area contributed by atoms with E-state index in [1.807, 2.05) is 24.7 Å². The van der Waals surface area contributed by atoms with Gasteiger partial charge in [0.1, 0.15) is 0 Å². The van der Waals surface area contributed by atoms with Crippen molar-refractivity contribution in [3.8, 4) is 11.6 Å². The molecule has 90 valence electrons. The zero-order chi connectivity index (χ0) is 12.3. The van der Waals surface area contributed by atoms with Crippen LogP contribution in [0.1, 0.15) is 25.6 Å². The Hall–Kier alpha value is -1.95. The molecule has 6 nitrogen and oxygen atoms in total. The van der Waals surface area contributed by atoms with Crippen LogP contribution in [0.15, 0.2) is 24.8 Å². The lowest BCUT2D eigenvalue weighted by Gasteiger charge is -2.03. The number of aromatic nitrogens is 4. The average molecular weight is 233 g/mol. The molecule has 2 rings (SSSR count). The van der Waals surface area contributed by atoms with E-state index in [0.29, 0.717) is 24.2 Å². The molecule has 0 saturated heterocycles. The van der Waals surface area contributed by atoms with Gasteiger partial charge in [0.15, 0.2) is 5.75 Å². The summed E-state index contributed by atoms with van der Waals surface area (Å²) in [4.78, 5) is 8.19. The number of ether oxygens (including phenoxy) is 1. The maximum absolute atomic E-state index is 5.51. The number of nitrogens with two attached hydrogens (primary N) is 1. The number of nitrogens with zero attached hydrogens (tertiary/aromatic N) is 4. The SMILES string of the molecule is CC(C)n1cc(Oc2cnc(CN)cn2)cn1. The molecular formula is C11H15N5O. The van der Waals surface area contributed by atoms with Gasteiger partial charge in [0.05, 0.1) is 30.5 Å². The van der Waals surface area contributed by atoms with Gasteiger partial charge in [-0.05, 0) is 13.8 Å². The van der Waals surface area contributed by atoms with Crippen LogP contribution in [-0.4, -0.2) is 19.7 Å². The summed E-state index contributed by atoms with van der Waals surface area (Å²) in [7, 11) is 0. The first-order chi connectivity index (χ1) is 8.19. The summed E-state index contributed by atoms with van der Waals surface area (Å²) in [5.41, 5.74) is 6.16. The van der Waals surface area contributed by atoms with Crippen molar-refractivity contribution in [3.05, 3.63) is 30.5 Å². The van der Waals surface area contributed by atoms with E-state index < -0.39 is 0 Å². The highest BCUT2D eigenvalue weighted by molar-refractivity contribution is 5.20. The topological polar surface area (TPSA) is 78.9 Å². The van der Waals surface area contributed by atoms with Gasteiger partial charge in [0, 0.05) is 12.6 Å². The van der Waals surface area contributed by atoms with Crippen molar-refractivity contribution < 1.29 is 4.74 Å². The second-order valence-corrected chi connectivity index (χ2v) is 3.90. The fourth-order valence-corrected chi connectivity index (χ4v) is 1.28.